The van der Waals surface area contributed by atoms with Crippen molar-refractivity contribution in [3.63, 3.8) is 0 Å². The van der Waals surface area contributed by atoms with Crippen LogP contribution in [0.25, 0.3) is 0 Å². The molecule has 2 N–H and O–H groups in total. The second-order valence-corrected chi connectivity index (χ2v) is 5.01. The molecule has 0 unspecified atom stereocenters. The van der Waals surface area contributed by atoms with Gasteiger partial charge in [0, 0.05) is 18.5 Å². The monoisotopic (exact) mass is 262 g/mol. The van der Waals surface area contributed by atoms with Gasteiger partial charge in [-0.25, -0.2) is 4.98 Å². The van der Waals surface area contributed by atoms with Gasteiger partial charge in [0.25, 0.3) is 0 Å². The quantitative estimate of drug-likeness (QED) is 0.900. The molecule has 0 aliphatic carbocycles. The van der Waals surface area contributed by atoms with Crippen LogP contribution in [0.1, 0.15) is 30.8 Å². The van der Waals surface area contributed by atoms with Crippen LogP contribution in [0.4, 0.5) is 5.69 Å². The minimum Gasteiger partial charge on any atom is -0.367 e. The van der Waals surface area contributed by atoms with E-state index >= 15 is 0 Å². The summed E-state index contributed by atoms with van der Waals surface area (Å²) in [6.07, 6.45) is 2.78. The Morgan fingerprint density at radius 2 is 2.22 bits per heavy atom. The molecule has 0 fully saturated rings. The number of pyridine rings is 1. The third-order valence-corrected chi connectivity index (χ3v) is 3.55. The molecule has 0 saturated heterocycles. The Kier molecular flexibility index (Phi) is 4.28. The van der Waals surface area contributed by atoms with Crippen LogP contribution in [0.5, 0.6) is 0 Å². The van der Waals surface area contributed by atoms with E-state index in [4.69, 9.17) is 5.73 Å². The van der Waals surface area contributed by atoms with E-state index in [2.05, 4.69) is 33.2 Å². The van der Waals surface area contributed by atoms with Gasteiger partial charge < -0.3 is 10.6 Å². The second-order valence-electron chi connectivity index (χ2n) is 4.29. The molecule has 0 aromatic carbocycles. The molecule has 0 spiro atoms. The summed E-state index contributed by atoms with van der Waals surface area (Å²) in [6, 6.07) is 4.09. The molecule has 0 radical (unpaired) electrons. The van der Waals surface area contributed by atoms with Gasteiger partial charge in [-0.1, -0.05) is 6.92 Å². The third-order valence-electron chi connectivity index (χ3n) is 2.91. The fourth-order valence-corrected chi connectivity index (χ4v) is 2.25. The highest BCUT2D eigenvalue weighted by Crippen LogP contribution is 2.17. The van der Waals surface area contributed by atoms with Crippen molar-refractivity contribution in [3.05, 3.63) is 40.6 Å². The highest BCUT2D eigenvalue weighted by molar-refractivity contribution is 7.07. The smallest absolute Gasteiger partial charge is 0.0795 e. The molecule has 2 heterocycles. The van der Waals surface area contributed by atoms with Gasteiger partial charge in [0.15, 0.2) is 0 Å². The largest absolute Gasteiger partial charge is 0.367 e. The van der Waals surface area contributed by atoms with E-state index in [9.17, 15) is 0 Å². The molecule has 5 heteroatoms. The Hall–Kier alpha value is -1.46. The Labute approximate surface area is 111 Å². The van der Waals surface area contributed by atoms with Gasteiger partial charge in [-0.3, -0.25) is 4.98 Å². The summed E-state index contributed by atoms with van der Waals surface area (Å²) in [7, 11) is 2.04. The first-order chi connectivity index (χ1) is 8.70. The minimum absolute atomic E-state index is 0.0305. The second kappa shape index (κ2) is 5.93. The lowest BCUT2D eigenvalue weighted by atomic mass is 10.1. The molecule has 18 heavy (non-hydrogen) atoms. The number of aromatic nitrogens is 2. The fraction of sp³-hybridized carbons (Fsp3) is 0.385. The van der Waals surface area contributed by atoms with E-state index in [0.717, 1.165) is 30.0 Å². The Morgan fingerprint density at radius 3 is 2.78 bits per heavy atom. The number of nitrogens with two attached hydrogens (primary N) is 1. The zero-order chi connectivity index (χ0) is 13.0. The number of hydrogen-bond acceptors (Lipinski definition) is 5. The topological polar surface area (TPSA) is 55.0 Å². The first-order valence-electron chi connectivity index (χ1n) is 6.00. The average molecular weight is 262 g/mol. The van der Waals surface area contributed by atoms with Crippen LogP contribution >= 0.6 is 11.3 Å². The standard InChI is InChI=1S/C13H18N4S/c1-3-12(14)13-5-4-11(6-15-13)17(2)7-10-8-18-9-16-10/h4-6,8-9,12H,3,7,14H2,1-2H3/t12-/m1/s1. The van der Waals surface area contributed by atoms with Crippen LogP contribution in [0.15, 0.2) is 29.2 Å². The van der Waals surface area contributed by atoms with Crippen molar-refractivity contribution in [2.45, 2.75) is 25.9 Å². The number of nitrogens with zero attached hydrogens (tertiary/aromatic N) is 3. The van der Waals surface area contributed by atoms with E-state index in [1.165, 1.54) is 0 Å². The predicted molar refractivity (Wildman–Crippen MR) is 75.7 cm³/mol. The molecular weight excluding hydrogens is 244 g/mol. The zero-order valence-electron chi connectivity index (χ0n) is 10.7. The fourth-order valence-electron chi connectivity index (χ4n) is 1.70. The molecule has 2 aromatic rings. The van der Waals surface area contributed by atoms with Crippen molar-refractivity contribution in [2.75, 3.05) is 11.9 Å². The highest BCUT2D eigenvalue weighted by Gasteiger charge is 2.07. The van der Waals surface area contributed by atoms with E-state index in [-0.39, 0.29) is 6.04 Å². The van der Waals surface area contributed by atoms with Gasteiger partial charge in [0.1, 0.15) is 0 Å². The van der Waals surface area contributed by atoms with Crippen molar-refractivity contribution < 1.29 is 0 Å². The Bertz CT molecular complexity index is 466. The predicted octanol–water partition coefficient (Wildman–Crippen LogP) is 2.58. The molecule has 0 aliphatic rings. The highest BCUT2D eigenvalue weighted by atomic mass is 32.1. The molecule has 0 saturated carbocycles. The number of thiazole rings is 1. The summed E-state index contributed by atoms with van der Waals surface area (Å²) in [6.45, 7) is 2.86. The molecule has 0 amide bonds. The Morgan fingerprint density at radius 1 is 1.39 bits per heavy atom. The molecule has 0 aliphatic heterocycles. The summed E-state index contributed by atoms with van der Waals surface area (Å²) >= 11 is 1.62. The number of hydrogen-bond donors (Lipinski definition) is 1. The van der Waals surface area contributed by atoms with Crippen LogP contribution in [-0.2, 0) is 6.54 Å². The summed E-state index contributed by atoms with van der Waals surface area (Å²) in [5, 5.41) is 2.06. The van der Waals surface area contributed by atoms with Crippen LogP contribution in [0, 0.1) is 0 Å². The maximum absolute atomic E-state index is 5.95. The lowest BCUT2D eigenvalue weighted by molar-refractivity contribution is 0.675. The molecule has 1 atom stereocenters. The first-order valence-corrected chi connectivity index (χ1v) is 6.94. The van der Waals surface area contributed by atoms with Crippen LogP contribution in [-0.4, -0.2) is 17.0 Å². The lowest BCUT2D eigenvalue weighted by Crippen LogP contribution is -2.17. The van der Waals surface area contributed by atoms with Crippen molar-refractivity contribution >= 4 is 17.0 Å². The molecule has 0 bridgehead atoms. The maximum Gasteiger partial charge on any atom is 0.0795 e. The number of rotatable bonds is 5. The van der Waals surface area contributed by atoms with Crippen molar-refractivity contribution in [1.82, 2.24) is 9.97 Å². The summed E-state index contributed by atoms with van der Waals surface area (Å²) in [4.78, 5) is 10.8. The van der Waals surface area contributed by atoms with Gasteiger partial charge >= 0.3 is 0 Å². The molecule has 2 aromatic heterocycles. The van der Waals surface area contributed by atoms with Gasteiger partial charge in [0.05, 0.1) is 35.3 Å². The van der Waals surface area contributed by atoms with Crippen LogP contribution < -0.4 is 10.6 Å². The van der Waals surface area contributed by atoms with Gasteiger partial charge in [0.2, 0.25) is 0 Å². The Balaban J connectivity index is 2.04. The van der Waals surface area contributed by atoms with Crippen molar-refractivity contribution in [2.24, 2.45) is 5.73 Å². The average Bonchev–Trinajstić information content (AvgIpc) is 2.91. The normalized spacial score (nSPS) is 12.4. The van der Waals surface area contributed by atoms with E-state index in [1.807, 2.05) is 24.8 Å². The van der Waals surface area contributed by atoms with E-state index in [1.54, 1.807) is 11.3 Å². The molecule has 4 nitrogen and oxygen atoms in total. The molecule has 96 valence electrons. The summed E-state index contributed by atoms with van der Waals surface area (Å²) < 4.78 is 0. The molecule has 2 rings (SSSR count). The third kappa shape index (κ3) is 3.05. The van der Waals surface area contributed by atoms with Crippen molar-refractivity contribution in [3.8, 4) is 0 Å². The van der Waals surface area contributed by atoms with Crippen molar-refractivity contribution in [1.29, 1.82) is 0 Å². The van der Waals surface area contributed by atoms with Crippen LogP contribution in [0.3, 0.4) is 0 Å². The number of anilines is 1. The molecular formula is C13H18N4S. The SMILES string of the molecule is CC[C@@H](N)c1ccc(N(C)Cc2cscn2)cn1. The van der Waals surface area contributed by atoms with Crippen LogP contribution in [0.2, 0.25) is 0 Å². The van der Waals surface area contributed by atoms with Gasteiger partial charge in [-0.15, -0.1) is 11.3 Å². The zero-order valence-corrected chi connectivity index (χ0v) is 11.5. The summed E-state index contributed by atoms with van der Waals surface area (Å²) in [5.41, 5.74) is 10.9. The maximum atomic E-state index is 5.95. The van der Waals surface area contributed by atoms with E-state index < -0.39 is 0 Å². The van der Waals surface area contributed by atoms with E-state index in [0.29, 0.717) is 0 Å². The lowest BCUT2D eigenvalue weighted by Gasteiger charge is -2.18. The first kappa shape index (κ1) is 13.0. The van der Waals surface area contributed by atoms with Gasteiger partial charge in [-0.2, -0.15) is 0 Å². The summed E-state index contributed by atoms with van der Waals surface area (Å²) in [5.74, 6) is 0. The minimum atomic E-state index is 0.0305. The van der Waals surface area contributed by atoms with Gasteiger partial charge in [-0.05, 0) is 18.6 Å².